The highest BCUT2D eigenvalue weighted by molar-refractivity contribution is 5.99. The average Bonchev–Trinajstić information content (AvgIpc) is 2.75. The molecular weight excluding hydrogens is 458 g/mol. The topological polar surface area (TPSA) is 97.0 Å². The molecule has 0 aliphatic carbocycles. The third kappa shape index (κ3) is 8.00. The molecular formula is C28H39N3O5. The number of methoxy groups -OCH3 is 1. The van der Waals surface area contributed by atoms with Gasteiger partial charge >= 0.3 is 6.09 Å². The highest BCUT2D eigenvalue weighted by Gasteiger charge is 2.35. The lowest BCUT2D eigenvalue weighted by atomic mass is 9.97. The normalized spacial score (nSPS) is 12.9. The molecule has 2 aromatic carbocycles. The molecule has 2 atom stereocenters. The van der Waals surface area contributed by atoms with Crippen molar-refractivity contribution < 1.29 is 23.9 Å². The van der Waals surface area contributed by atoms with E-state index in [0.29, 0.717) is 17.0 Å². The molecule has 2 unspecified atom stereocenters. The summed E-state index contributed by atoms with van der Waals surface area (Å²) in [6.45, 7) is 12.8. The molecule has 36 heavy (non-hydrogen) atoms. The summed E-state index contributed by atoms with van der Waals surface area (Å²) in [5.41, 5.74) is 2.48. The number of aryl methyl sites for hydroxylation is 2. The van der Waals surface area contributed by atoms with E-state index < -0.39 is 29.7 Å². The highest BCUT2D eigenvalue weighted by Crippen LogP contribution is 2.26. The Kier molecular flexibility index (Phi) is 9.50. The average molecular weight is 498 g/mol. The van der Waals surface area contributed by atoms with E-state index in [4.69, 9.17) is 9.47 Å². The van der Waals surface area contributed by atoms with Gasteiger partial charge in [0.15, 0.2) is 0 Å². The molecule has 2 aromatic rings. The van der Waals surface area contributed by atoms with E-state index in [1.807, 2.05) is 45.9 Å². The van der Waals surface area contributed by atoms with Gasteiger partial charge in [-0.1, -0.05) is 43.2 Å². The number of carbonyl (C=O) groups excluding carboxylic acids is 3. The summed E-state index contributed by atoms with van der Waals surface area (Å²) in [4.78, 5) is 41.1. The van der Waals surface area contributed by atoms with Crippen LogP contribution < -0.4 is 15.4 Å². The Bertz CT molecular complexity index is 1050. The number of rotatable bonds is 8. The van der Waals surface area contributed by atoms with Gasteiger partial charge in [-0.2, -0.15) is 0 Å². The molecule has 0 bridgehead atoms. The molecule has 0 aliphatic rings. The molecule has 0 spiro atoms. The fourth-order valence-electron chi connectivity index (χ4n) is 3.90. The molecule has 8 nitrogen and oxygen atoms in total. The lowest BCUT2D eigenvalue weighted by molar-refractivity contribution is -0.140. The van der Waals surface area contributed by atoms with E-state index in [0.717, 1.165) is 11.1 Å². The van der Waals surface area contributed by atoms with E-state index >= 15 is 0 Å². The number of hydrogen-bond donors (Lipinski definition) is 2. The minimum atomic E-state index is -0.931. The molecule has 0 saturated carbocycles. The van der Waals surface area contributed by atoms with Crippen LogP contribution >= 0.6 is 0 Å². The fourth-order valence-corrected chi connectivity index (χ4v) is 3.90. The second-order valence-electron chi connectivity index (χ2n) is 10.4. The maximum atomic E-state index is 13.7. The minimum Gasteiger partial charge on any atom is -0.497 e. The van der Waals surface area contributed by atoms with Gasteiger partial charge in [-0.25, -0.2) is 4.79 Å². The van der Waals surface area contributed by atoms with Crippen LogP contribution in [0.5, 0.6) is 5.75 Å². The van der Waals surface area contributed by atoms with Gasteiger partial charge < -0.3 is 25.0 Å². The number of nitrogens with one attached hydrogen (secondary N) is 2. The van der Waals surface area contributed by atoms with Crippen molar-refractivity contribution >= 4 is 23.6 Å². The number of benzene rings is 2. The summed E-state index contributed by atoms with van der Waals surface area (Å²) in [6.07, 6.45) is -0.686. The zero-order chi connectivity index (χ0) is 27.2. The summed E-state index contributed by atoms with van der Waals surface area (Å²) >= 11 is 0. The zero-order valence-corrected chi connectivity index (χ0v) is 22.8. The van der Waals surface area contributed by atoms with E-state index in [-0.39, 0.29) is 11.8 Å². The molecule has 2 N–H and O–H groups in total. The van der Waals surface area contributed by atoms with Crippen molar-refractivity contribution in [3.05, 3.63) is 59.2 Å². The number of amides is 3. The van der Waals surface area contributed by atoms with Crippen LogP contribution in [0.2, 0.25) is 0 Å². The van der Waals surface area contributed by atoms with Crippen molar-refractivity contribution in [1.29, 1.82) is 0 Å². The number of anilines is 1. The maximum Gasteiger partial charge on any atom is 0.408 e. The van der Waals surface area contributed by atoms with Crippen LogP contribution in [0.15, 0.2) is 42.5 Å². The third-order valence-electron chi connectivity index (χ3n) is 5.51. The second kappa shape index (κ2) is 11.9. The number of alkyl carbamates (subject to hydrolysis) is 1. The van der Waals surface area contributed by atoms with Crippen LogP contribution in [0, 0.1) is 19.8 Å². The zero-order valence-electron chi connectivity index (χ0n) is 22.8. The van der Waals surface area contributed by atoms with Crippen LogP contribution in [0.25, 0.3) is 0 Å². The van der Waals surface area contributed by atoms with Gasteiger partial charge in [-0.3, -0.25) is 9.59 Å². The Morgan fingerprint density at radius 2 is 1.50 bits per heavy atom. The number of hydrogen-bond acceptors (Lipinski definition) is 5. The summed E-state index contributed by atoms with van der Waals surface area (Å²) in [5.74, 6) is -0.346. The van der Waals surface area contributed by atoms with E-state index in [1.165, 1.54) is 4.90 Å². The molecule has 0 fully saturated rings. The highest BCUT2D eigenvalue weighted by atomic mass is 16.6. The van der Waals surface area contributed by atoms with Crippen molar-refractivity contribution in [3.63, 3.8) is 0 Å². The SMILES string of the molecule is COc1ccc(NC(=O)C(c2cc(C)cc(C)c2)N(C)C(=O)C(NC(=O)OC(C)(C)C)C(C)C)cc1. The molecule has 0 saturated heterocycles. The molecule has 0 heterocycles. The number of carbonyl (C=O) groups is 3. The summed E-state index contributed by atoms with van der Waals surface area (Å²) in [5, 5.41) is 5.59. The van der Waals surface area contributed by atoms with Crippen molar-refractivity contribution in [3.8, 4) is 5.75 Å². The van der Waals surface area contributed by atoms with Crippen LogP contribution in [-0.4, -0.2) is 48.6 Å². The summed E-state index contributed by atoms with van der Waals surface area (Å²) in [7, 11) is 3.14. The van der Waals surface area contributed by atoms with Gasteiger partial charge in [0.2, 0.25) is 5.91 Å². The lowest BCUT2D eigenvalue weighted by Crippen LogP contribution is -2.53. The number of nitrogens with zero attached hydrogens (tertiary/aromatic N) is 1. The Balaban J connectivity index is 2.40. The molecule has 2 rings (SSSR count). The molecule has 0 aliphatic heterocycles. The first kappa shape index (κ1) is 28.7. The van der Waals surface area contributed by atoms with Gasteiger partial charge in [-0.15, -0.1) is 0 Å². The summed E-state index contributed by atoms with van der Waals surface area (Å²) < 4.78 is 10.5. The van der Waals surface area contributed by atoms with E-state index in [2.05, 4.69) is 10.6 Å². The standard InChI is InChI=1S/C28H39N3O5/c1-17(2)23(30-27(34)36-28(5,6)7)26(33)31(8)24(20-15-18(3)14-19(4)16-20)25(32)29-21-10-12-22(35-9)13-11-21/h10-17,23-24H,1-9H3,(H,29,32)(H,30,34). The monoisotopic (exact) mass is 497 g/mol. The lowest BCUT2D eigenvalue weighted by Gasteiger charge is -2.33. The Morgan fingerprint density at radius 1 is 0.944 bits per heavy atom. The minimum absolute atomic E-state index is 0.239. The smallest absolute Gasteiger partial charge is 0.408 e. The Labute approximate surface area is 214 Å². The second-order valence-corrected chi connectivity index (χ2v) is 10.4. The number of ether oxygens (including phenoxy) is 2. The van der Waals surface area contributed by atoms with Gasteiger partial charge in [0.05, 0.1) is 7.11 Å². The van der Waals surface area contributed by atoms with Crippen molar-refractivity contribution in [1.82, 2.24) is 10.2 Å². The first-order valence-corrected chi connectivity index (χ1v) is 12.0. The molecule has 0 aromatic heterocycles. The largest absolute Gasteiger partial charge is 0.497 e. The van der Waals surface area contributed by atoms with Crippen LogP contribution in [0.4, 0.5) is 10.5 Å². The van der Waals surface area contributed by atoms with Crippen LogP contribution in [0.1, 0.15) is 57.4 Å². The first-order valence-electron chi connectivity index (χ1n) is 12.0. The van der Waals surface area contributed by atoms with Crippen molar-refractivity contribution in [2.45, 2.75) is 66.2 Å². The summed E-state index contributed by atoms with van der Waals surface area (Å²) in [6, 6.07) is 10.9. The third-order valence-corrected chi connectivity index (χ3v) is 5.51. The molecule has 196 valence electrons. The Hall–Kier alpha value is -3.55. The van der Waals surface area contributed by atoms with Crippen molar-refractivity contribution in [2.24, 2.45) is 5.92 Å². The first-order chi connectivity index (χ1) is 16.7. The fraction of sp³-hybridized carbons (Fsp3) is 0.464. The van der Waals surface area contributed by atoms with Gasteiger partial charge in [0.25, 0.3) is 5.91 Å². The molecule has 0 radical (unpaired) electrons. The number of likely N-dealkylation sites (N-methyl/N-ethyl adjacent to an activating group) is 1. The predicted octanol–water partition coefficient (Wildman–Crippen LogP) is 5.00. The maximum absolute atomic E-state index is 13.7. The van der Waals surface area contributed by atoms with Crippen LogP contribution in [0.3, 0.4) is 0 Å². The molecule has 8 heteroatoms. The van der Waals surface area contributed by atoms with E-state index in [9.17, 15) is 14.4 Å². The van der Waals surface area contributed by atoms with Crippen molar-refractivity contribution in [2.75, 3.05) is 19.5 Å². The predicted molar refractivity (Wildman–Crippen MR) is 141 cm³/mol. The molecule has 3 amide bonds. The van der Waals surface area contributed by atoms with Gasteiger partial charge in [0.1, 0.15) is 23.4 Å². The van der Waals surface area contributed by atoms with Crippen LogP contribution in [-0.2, 0) is 14.3 Å². The quantitative estimate of drug-likeness (QED) is 0.535. The Morgan fingerprint density at radius 3 is 1.97 bits per heavy atom. The van der Waals surface area contributed by atoms with Gasteiger partial charge in [-0.05, 0) is 70.4 Å². The van der Waals surface area contributed by atoms with E-state index in [1.54, 1.807) is 59.2 Å². The van der Waals surface area contributed by atoms with Gasteiger partial charge in [0, 0.05) is 12.7 Å².